The third-order valence-electron chi connectivity index (χ3n) is 12.1. The number of aromatic amines is 2. The molecular formula is C58H65N7O+4. The summed E-state index contributed by atoms with van der Waals surface area (Å²) in [4.78, 5) is 13.1. The molecule has 334 valence electrons. The molecule has 0 saturated carbocycles. The van der Waals surface area contributed by atoms with Crippen LogP contribution in [-0.4, -0.2) is 99.7 Å². The number of benzene rings is 4. The van der Waals surface area contributed by atoms with Crippen molar-refractivity contribution < 1.29 is 18.2 Å². The van der Waals surface area contributed by atoms with Crippen molar-refractivity contribution >= 4 is 40.4 Å². The van der Waals surface area contributed by atoms with E-state index in [0.29, 0.717) is 6.61 Å². The van der Waals surface area contributed by atoms with E-state index in [1.165, 1.54) is 16.7 Å². The number of nitrogens with one attached hydrogen (secondary N) is 3. The van der Waals surface area contributed by atoms with Crippen molar-refractivity contribution in [1.82, 2.24) is 15.3 Å². The molecule has 0 unspecified atom stereocenters. The largest absolute Gasteiger partial charge is 0.380 e. The first-order chi connectivity index (χ1) is 31.4. The van der Waals surface area contributed by atoms with Crippen LogP contribution >= 0.6 is 0 Å². The SMILES string of the molecule is COCc1ccc(-c2cc3[nH]c2=CC=c2[nH]c(cc2-c2ccc(C[N+](C)(C)C)cc2)=C2C=C(c4ccc(C[N+](C)(C)C)cc4)C(=N2)C=CC2=C(c4ccc(C[N+](C)(C)C)cc4)[CH+]C=3N2)cc1. The molecule has 9 rings (SSSR count). The van der Waals surface area contributed by atoms with E-state index in [1.54, 1.807) is 7.11 Å². The number of ether oxygens (including phenoxy) is 1. The van der Waals surface area contributed by atoms with Gasteiger partial charge in [0.15, 0.2) is 5.70 Å². The van der Waals surface area contributed by atoms with E-state index in [-0.39, 0.29) is 0 Å². The van der Waals surface area contributed by atoms with Crippen LogP contribution in [0.15, 0.2) is 138 Å². The molecule has 66 heavy (non-hydrogen) atoms. The maximum Gasteiger partial charge on any atom is 0.157 e. The van der Waals surface area contributed by atoms with Crippen LogP contribution in [0.3, 0.4) is 0 Å². The van der Waals surface area contributed by atoms with Gasteiger partial charge in [-0.15, -0.1) is 0 Å². The van der Waals surface area contributed by atoms with E-state index in [1.807, 2.05) is 0 Å². The third-order valence-corrected chi connectivity index (χ3v) is 12.1. The van der Waals surface area contributed by atoms with E-state index >= 15 is 0 Å². The molecule has 0 aliphatic carbocycles. The number of hydrogen-bond acceptors (Lipinski definition) is 3. The fourth-order valence-electron chi connectivity index (χ4n) is 9.17. The van der Waals surface area contributed by atoms with Gasteiger partial charge in [0, 0.05) is 58.0 Å². The van der Waals surface area contributed by atoms with Crippen LogP contribution in [0.5, 0.6) is 0 Å². The van der Waals surface area contributed by atoms with Crippen molar-refractivity contribution in [1.29, 1.82) is 0 Å². The Balaban J connectivity index is 1.26. The molecule has 0 spiro atoms. The lowest BCUT2D eigenvalue weighted by molar-refractivity contribution is -0.884. The second-order valence-corrected chi connectivity index (χ2v) is 21.2. The fourth-order valence-corrected chi connectivity index (χ4v) is 9.17. The highest BCUT2D eigenvalue weighted by Gasteiger charge is 2.29. The molecule has 0 amide bonds. The van der Waals surface area contributed by atoms with E-state index in [4.69, 9.17) is 9.73 Å². The smallest absolute Gasteiger partial charge is 0.157 e. The summed E-state index contributed by atoms with van der Waals surface area (Å²) in [5.74, 6) is 0. The first-order valence-electron chi connectivity index (χ1n) is 22.9. The number of nitrogens with zero attached hydrogens (tertiary/aromatic N) is 4. The van der Waals surface area contributed by atoms with Gasteiger partial charge in [-0.1, -0.05) is 72.8 Å². The molecule has 8 bridgehead atoms. The predicted octanol–water partition coefficient (Wildman–Crippen LogP) is 7.25. The van der Waals surface area contributed by atoms with E-state index in [2.05, 4.69) is 225 Å². The first-order valence-corrected chi connectivity index (χ1v) is 22.9. The Hall–Kier alpha value is -6.68. The Labute approximate surface area is 390 Å². The van der Waals surface area contributed by atoms with Gasteiger partial charge in [0.1, 0.15) is 36.3 Å². The molecule has 8 heteroatoms. The third kappa shape index (κ3) is 10.2. The van der Waals surface area contributed by atoms with E-state index < -0.39 is 0 Å². The molecule has 0 atom stereocenters. The van der Waals surface area contributed by atoms with Crippen LogP contribution in [0.1, 0.15) is 33.4 Å². The van der Waals surface area contributed by atoms with Crippen molar-refractivity contribution in [3.8, 4) is 22.3 Å². The molecule has 6 aromatic rings. The van der Waals surface area contributed by atoms with Gasteiger partial charge in [0.05, 0.1) is 104 Å². The van der Waals surface area contributed by atoms with E-state index in [0.717, 1.165) is 127 Å². The lowest BCUT2D eigenvalue weighted by Crippen LogP contribution is -2.33. The molecule has 0 radical (unpaired) electrons. The Kier molecular flexibility index (Phi) is 11.9. The quantitative estimate of drug-likeness (QED) is 0.0898. The van der Waals surface area contributed by atoms with Gasteiger partial charge in [0.2, 0.25) is 0 Å². The number of rotatable bonds is 12. The molecular weight excluding hydrogens is 811 g/mol. The number of allylic oxidation sites excluding steroid dienone is 3. The van der Waals surface area contributed by atoms with Crippen molar-refractivity contribution in [3.05, 3.63) is 194 Å². The minimum atomic E-state index is 0.571. The van der Waals surface area contributed by atoms with Crippen molar-refractivity contribution in [2.24, 2.45) is 4.99 Å². The van der Waals surface area contributed by atoms with Crippen LogP contribution in [0.2, 0.25) is 0 Å². The summed E-state index contributed by atoms with van der Waals surface area (Å²) in [7, 11) is 21.8. The lowest BCUT2D eigenvalue weighted by atomic mass is 9.98. The highest BCUT2D eigenvalue weighted by atomic mass is 16.5. The molecule has 0 fully saturated rings. The standard InChI is InChI=1S/C58H65N7O/c1-63(2,3)35-39-11-19-43(20-12-39)47-31-55-56-32-48(44-21-13-40(14-22-44)36-64(4,5)6)53(60-56)29-30-54-50(46-25-17-42(18-26-46)38-66-10)34-58(62-54)57-33-49(52(61-57)28-27-51(47)59-55)45-23-15-41(16-24-45)37-65(7,8)9/h11-34,60-62H,35-38H2,1-10H3/q+4. The highest BCUT2D eigenvalue weighted by Crippen LogP contribution is 2.33. The average Bonchev–Trinajstić information content (AvgIpc) is 4.07. The molecule has 3 aliphatic rings. The minimum absolute atomic E-state index is 0.571. The lowest BCUT2D eigenvalue weighted by Gasteiger charge is -2.24. The second-order valence-electron chi connectivity index (χ2n) is 21.2. The van der Waals surface area contributed by atoms with Crippen molar-refractivity contribution in [2.45, 2.75) is 26.2 Å². The first kappa shape index (κ1) is 44.5. The maximum absolute atomic E-state index is 5.45. The summed E-state index contributed by atoms with van der Waals surface area (Å²) in [6, 6.07) is 40.3. The number of quaternary nitrogens is 3. The maximum atomic E-state index is 5.45. The summed E-state index contributed by atoms with van der Waals surface area (Å²) in [5.41, 5.74) is 17.9. The van der Waals surface area contributed by atoms with Crippen LogP contribution in [0.4, 0.5) is 0 Å². The van der Waals surface area contributed by atoms with Gasteiger partial charge in [-0.2, -0.15) is 0 Å². The highest BCUT2D eigenvalue weighted by molar-refractivity contribution is 6.34. The van der Waals surface area contributed by atoms with Gasteiger partial charge in [-0.25, -0.2) is 4.99 Å². The van der Waals surface area contributed by atoms with Gasteiger partial charge in [0.25, 0.3) is 0 Å². The molecule has 3 aliphatic heterocycles. The summed E-state index contributed by atoms with van der Waals surface area (Å²) in [5, 5.41) is 7.85. The number of H-pyrrole nitrogens is 2. The number of hydrogen-bond donors (Lipinski definition) is 3. The zero-order valence-electron chi connectivity index (χ0n) is 40.4. The summed E-state index contributed by atoms with van der Waals surface area (Å²) in [6.45, 7) is 3.43. The van der Waals surface area contributed by atoms with Crippen molar-refractivity contribution in [3.63, 3.8) is 0 Å². The summed E-state index contributed by atoms with van der Waals surface area (Å²) in [6.07, 6.45) is 13.3. The van der Waals surface area contributed by atoms with Crippen LogP contribution in [0.25, 0.3) is 56.9 Å². The molecule has 4 aromatic carbocycles. The second kappa shape index (κ2) is 17.6. The number of aromatic nitrogens is 2. The summed E-state index contributed by atoms with van der Waals surface area (Å²) >= 11 is 0. The minimum Gasteiger partial charge on any atom is -0.380 e. The van der Waals surface area contributed by atoms with Gasteiger partial charge in [-0.3, -0.25) is 5.32 Å². The molecule has 8 nitrogen and oxygen atoms in total. The number of fused-ring (bicyclic) bond motifs is 7. The zero-order valence-corrected chi connectivity index (χ0v) is 40.4. The Morgan fingerprint density at radius 2 is 0.985 bits per heavy atom. The Morgan fingerprint density at radius 1 is 0.530 bits per heavy atom. The monoisotopic (exact) mass is 876 g/mol. The molecule has 5 heterocycles. The van der Waals surface area contributed by atoms with Gasteiger partial charge in [-0.05, 0) is 76.9 Å². The van der Waals surface area contributed by atoms with Crippen LogP contribution in [-0.2, 0) is 31.0 Å². The number of aliphatic imine (C=N–C) groups is 1. The number of methoxy groups -OCH3 is 1. The molecule has 3 N–H and O–H groups in total. The topological polar surface area (TPSA) is 65.2 Å². The summed E-state index contributed by atoms with van der Waals surface area (Å²) < 4.78 is 8.06. The van der Waals surface area contributed by atoms with Gasteiger partial charge >= 0.3 is 0 Å². The average molecular weight is 876 g/mol. The van der Waals surface area contributed by atoms with Crippen LogP contribution < -0.4 is 26.7 Å². The Morgan fingerprint density at radius 3 is 1.48 bits per heavy atom. The van der Waals surface area contributed by atoms with Gasteiger partial charge < -0.3 is 28.2 Å². The Bertz CT molecular complexity index is 3170. The van der Waals surface area contributed by atoms with Crippen LogP contribution in [0, 0.1) is 6.42 Å². The predicted molar refractivity (Wildman–Crippen MR) is 274 cm³/mol. The fraction of sp³-hybridized carbons (Fsp3) is 0.241. The molecule has 2 aromatic heterocycles. The van der Waals surface area contributed by atoms with E-state index in [9.17, 15) is 0 Å². The normalized spacial score (nSPS) is 15.0. The zero-order chi connectivity index (χ0) is 46.4. The van der Waals surface area contributed by atoms with Crippen molar-refractivity contribution in [2.75, 3.05) is 70.5 Å². The molecule has 0 saturated heterocycles.